The number of rotatable bonds is 1. The number of halogens is 1. The highest BCUT2D eigenvalue weighted by molar-refractivity contribution is 14.1. The van der Waals surface area contributed by atoms with E-state index in [1.807, 2.05) is 37.5 Å². The maximum Gasteiger partial charge on any atom is 0.0877 e. The van der Waals surface area contributed by atoms with Crippen molar-refractivity contribution in [3.63, 3.8) is 0 Å². The van der Waals surface area contributed by atoms with Gasteiger partial charge in [-0.15, -0.1) is 0 Å². The van der Waals surface area contributed by atoms with Gasteiger partial charge in [0, 0.05) is 6.20 Å². The summed E-state index contributed by atoms with van der Waals surface area (Å²) < 4.78 is 2.90. The van der Waals surface area contributed by atoms with Crippen molar-refractivity contribution in [2.45, 2.75) is 6.92 Å². The molecule has 0 amide bonds. The SMILES string of the molecule is Cc1ccc(N)c(-n2cc(I)cn2)c1. The normalized spacial score (nSPS) is 10.4. The zero-order valence-corrected chi connectivity index (χ0v) is 9.89. The molecular weight excluding hydrogens is 289 g/mol. The first-order chi connectivity index (χ1) is 6.66. The van der Waals surface area contributed by atoms with Crippen LogP contribution in [0, 0.1) is 10.5 Å². The van der Waals surface area contributed by atoms with E-state index in [2.05, 4.69) is 27.7 Å². The van der Waals surface area contributed by atoms with Gasteiger partial charge < -0.3 is 5.73 Å². The molecule has 1 heterocycles. The van der Waals surface area contributed by atoms with Crippen LogP contribution < -0.4 is 5.73 Å². The average molecular weight is 299 g/mol. The van der Waals surface area contributed by atoms with Crippen LogP contribution in [0.25, 0.3) is 5.69 Å². The fraction of sp³-hybridized carbons (Fsp3) is 0.100. The highest BCUT2D eigenvalue weighted by atomic mass is 127. The summed E-state index contributed by atoms with van der Waals surface area (Å²) in [4.78, 5) is 0. The Bertz CT molecular complexity index is 462. The molecule has 2 N–H and O–H groups in total. The molecule has 1 aromatic carbocycles. The van der Waals surface area contributed by atoms with E-state index in [0.717, 1.165) is 14.9 Å². The number of hydrogen-bond donors (Lipinski definition) is 1. The van der Waals surface area contributed by atoms with Gasteiger partial charge in [0.15, 0.2) is 0 Å². The Morgan fingerprint density at radius 3 is 2.86 bits per heavy atom. The van der Waals surface area contributed by atoms with Crippen molar-refractivity contribution in [2.24, 2.45) is 0 Å². The summed E-state index contributed by atoms with van der Waals surface area (Å²) in [7, 11) is 0. The van der Waals surface area contributed by atoms with Crippen LogP contribution in [0.1, 0.15) is 5.56 Å². The predicted molar refractivity (Wildman–Crippen MR) is 65.4 cm³/mol. The monoisotopic (exact) mass is 299 g/mol. The van der Waals surface area contributed by atoms with E-state index in [-0.39, 0.29) is 0 Å². The van der Waals surface area contributed by atoms with Crippen molar-refractivity contribution < 1.29 is 0 Å². The summed E-state index contributed by atoms with van der Waals surface area (Å²) in [5.74, 6) is 0. The second-order valence-corrected chi connectivity index (χ2v) is 4.41. The molecule has 0 spiro atoms. The molecule has 0 saturated carbocycles. The van der Waals surface area contributed by atoms with Crippen LogP contribution in [0.4, 0.5) is 5.69 Å². The van der Waals surface area contributed by atoms with Crippen molar-refractivity contribution in [1.82, 2.24) is 9.78 Å². The minimum atomic E-state index is 0.745. The molecule has 4 heteroatoms. The highest BCUT2D eigenvalue weighted by Gasteiger charge is 2.03. The van der Waals surface area contributed by atoms with Gasteiger partial charge in [-0.05, 0) is 47.2 Å². The first kappa shape index (κ1) is 9.51. The number of benzene rings is 1. The topological polar surface area (TPSA) is 43.8 Å². The van der Waals surface area contributed by atoms with E-state index < -0.39 is 0 Å². The van der Waals surface area contributed by atoms with Gasteiger partial charge in [-0.1, -0.05) is 6.07 Å². The van der Waals surface area contributed by atoms with Gasteiger partial charge in [-0.3, -0.25) is 0 Å². The highest BCUT2D eigenvalue weighted by Crippen LogP contribution is 2.18. The molecule has 0 aliphatic rings. The van der Waals surface area contributed by atoms with Gasteiger partial charge in [0.05, 0.1) is 21.1 Å². The van der Waals surface area contributed by atoms with Gasteiger partial charge in [0.2, 0.25) is 0 Å². The predicted octanol–water partition coefficient (Wildman–Crippen LogP) is 2.37. The standard InChI is InChI=1S/C10H10IN3/c1-7-2-3-9(12)10(4-7)14-6-8(11)5-13-14/h2-6H,12H2,1H3. The molecule has 1 aromatic heterocycles. The summed E-state index contributed by atoms with van der Waals surface area (Å²) in [5.41, 5.74) is 8.73. The van der Waals surface area contributed by atoms with E-state index in [0.29, 0.717) is 0 Å². The van der Waals surface area contributed by atoms with Crippen molar-refractivity contribution in [3.05, 3.63) is 39.7 Å². The molecule has 3 nitrogen and oxygen atoms in total. The minimum absolute atomic E-state index is 0.745. The summed E-state index contributed by atoms with van der Waals surface area (Å²) in [6.45, 7) is 2.04. The molecule has 14 heavy (non-hydrogen) atoms. The third-order valence-corrected chi connectivity index (χ3v) is 2.54. The molecular formula is C10H10IN3. The first-order valence-corrected chi connectivity index (χ1v) is 5.31. The molecule has 72 valence electrons. The van der Waals surface area contributed by atoms with E-state index in [1.165, 1.54) is 5.56 Å². The van der Waals surface area contributed by atoms with Crippen molar-refractivity contribution in [1.29, 1.82) is 0 Å². The van der Waals surface area contributed by atoms with Crippen LogP contribution in [0.3, 0.4) is 0 Å². The zero-order valence-electron chi connectivity index (χ0n) is 7.74. The lowest BCUT2D eigenvalue weighted by Crippen LogP contribution is -2.00. The Kier molecular flexibility index (Phi) is 2.45. The van der Waals surface area contributed by atoms with Crippen molar-refractivity contribution in [3.8, 4) is 5.69 Å². The fourth-order valence-corrected chi connectivity index (χ4v) is 1.67. The van der Waals surface area contributed by atoms with E-state index in [1.54, 1.807) is 4.68 Å². The number of aromatic nitrogens is 2. The number of nitrogens with two attached hydrogens (primary N) is 1. The third kappa shape index (κ3) is 1.75. The average Bonchev–Trinajstić information content (AvgIpc) is 2.56. The van der Waals surface area contributed by atoms with E-state index in [9.17, 15) is 0 Å². The lowest BCUT2D eigenvalue weighted by atomic mass is 10.2. The number of nitrogens with zero attached hydrogens (tertiary/aromatic N) is 2. The molecule has 0 aliphatic heterocycles. The van der Waals surface area contributed by atoms with Gasteiger partial charge in [0.1, 0.15) is 0 Å². The van der Waals surface area contributed by atoms with Gasteiger partial charge in [-0.25, -0.2) is 4.68 Å². The van der Waals surface area contributed by atoms with Crippen molar-refractivity contribution in [2.75, 3.05) is 5.73 Å². The lowest BCUT2D eigenvalue weighted by Gasteiger charge is -2.05. The largest absolute Gasteiger partial charge is 0.397 e. The summed E-state index contributed by atoms with van der Waals surface area (Å²) in [5, 5.41) is 4.22. The second kappa shape index (κ2) is 3.61. The number of nitrogen functional groups attached to an aromatic ring is 1. The number of anilines is 1. The van der Waals surface area contributed by atoms with Crippen molar-refractivity contribution >= 4 is 28.3 Å². The number of hydrogen-bond acceptors (Lipinski definition) is 2. The third-order valence-electron chi connectivity index (χ3n) is 1.98. The maximum atomic E-state index is 5.87. The van der Waals surface area contributed by atoms with Crippen LogP contribution in [0.2, 0.25) is 0 Å². The molecule has 2 aromatic rings. The van der Waals surface area contributed by atoms with Crippen LogP contribution in [-0.2, 0) is 0 Å². The molecule has 0 bridgehead atoms. The van der Waals surface area contributed by atoms with Gasteiger partial charge in [0.25, 0.3) is 0 Å². The Hall–Kier alpha value is -1.04. The summed E-state index contributed by atoms with van der Waals surface area (Å²) >= 11 is 2.22. The molecule has 0 atom stereocenters. The van der Waals surface area contributed by atoms with Gasteiger partial charge in [-0.2, -0.15) is 5.10 Å². The Morgan fingerprint density at radius 1 is 1.43 bits per heavy atom. The summed E-state index contributed by atoms with van der Waals surface area (Å²) in [6.07, 6.45) is 3.76. The Labute approximate surface area is 96.1 Å². The molecule has 0 aliphatic carbocycles. The minimum Gasteiger partial charge on any atom is -0.397 e. The lowest BCUT2D eigenvalue weighted by molar-refractivity contribution is 0.881. The molecule has 0 saturated heterocycles. The molecule has 0 fully saturated rings. The van der Waals surface area contributed by atoms with Crippen LogP contribution >= 0.6 is 22.6 Å². The summed E-state index contributed by atoms with van der Waals surface area (Å²) in [6, 6.07) is 5.92. The molecule has 2 rings (SSSR count). The van der Waals surface area contributed by atoms with Crippen LogP contribution in [0.15, 0.2) is 30.6 Å². The quantitative estimate of drug-likeness (QED) is 0.649. The zero-order chi connectivity index (χ0) is 10.1. The first-order valence-electron chi connectivity index (χ1n) is 4.23. The maximum absolute atomic E-state index is 5.87. The van der Waals surface area contributed by atoms with Crippen LogP contribution in [0.5, 0.6) is 0 Å². The second-order valence-electron chi connectivity index (χ2n) is 3.17. The van der Waals surface area contributed by atoms with Crippen LogP contribution in [-0.4, -0.2) is 9.78 Å². The fourth-order valence-electron chi connectivity index (χ4n) is 1.28. The van der Waals surface area contributed by atoms with E-state index in [4.69, 9.17) is 5.73 Å². The van der Waals surface area contributed by atoms with E-state index >= 15 is 0 Å². The Balaban J connectivity index is 2.55. The Morgan fingerprint density at radius 2 is 2.21 bits per heavy atom. The van der Waals surface area contributed by atoms with Gasteiger partial charge >= 0.3 is 0 Å². The number of aryl methyl sites for hydroxylation is 1. The molecule has 0 unspecified atom stereocenters. The molecule has 0 radical (unpaired) electrons. The smallest absolute Gasteiger partial charge is 0.0877 e.